The number of carbonyl (C=O) groups is 1. The Balaban J connectivity index is 3.32. The van der Waals surface area contributed by atoms with Gasteiger partial charge < -0.3 is 4.18 Å². The molecule has 0 aliphatic heterocycles. The molecular formula is C9H9FO4S2. The highest BCUT2D eigenvalue weighted by Gasteiger charge is 2.15. The topological polar surface area (TPSA) is 60.4 Å². The third-order valence-corrected chi connectivity index (χ3v) is 2.70. The zero-order chi connectivity index (χ0) is 12.3. The van der Waals surface area contributed by atoms with Crippen molar-refractivity contribution in [3.05, 3.63) is 28.8 Å². The van der Waals surface area contributed by atoms with Crippen molar-refractivity contribution in [3.8, 4) is 5.75 Å². The van der Waals surface area contributed by atoms with Crippen LogP contribution < -0.4 is 4.18 Å². The number of halogens is 1. The Morgan fingerprint density at radius 2 is 2.12 bits per heavy atom. The third-order valence-electron chi connectivity index (χ3n) is 1.96. The quantitative estimate of drug-likeness (QED) is 0.512. The molecule has 4 nitrogen and oxygen atoms in total. The Kier molecular flexibility index (Phi) is 3.93. The zero-order valence-electron chi connectivity index (χ0n) is 8.31. The van der Waals surface area contributed by atoms with Gasteiger partial charge in [-0.1, -0.05) is 3.89 Å². The van der Waals surface area contributed by atoms with E-state index < -0.39 is 10.5 Å². The number of rotatable bonds is 4. The van der Waals surface area contributed by atoms with E-state index in [-0.39, 0.29) is 22.6 Å². The van der Waals surface area contributed by atoms with Gasteiger partial charge >= 0.3 is 10.5 Å². The zero-order valence-corrected chi connectivity index (χ0v) is 10.0. The lowest BCUT2D eigenvalue weighted by Gasteiger charge is -2.08. The number of hydrogen-bond donors (Lipinski definition) is 1. The molecule has 0 fully saturated rings. The predicted octanol–water partition coefficient (Wildman–Crippen LogP) is 1.83. The minimum absolute atomic E-state index is 0.198. The monoisotopic (exact) mass is 264 g/mol. The first-order valence-corrected chi connectivity index (χ1v) is 6.15. The molecule has 0 unspecified atom stereocenters. The molecule has 0 atom stereocenters. The molecule has 88 valence electrons. The van der Waals surface area contributed by atoms with Crippen LogP contribution in [0.25, 0.3) is 0 Å². The molecule has 0 radical (unpaired) electrons. The summed E-state index contributed by atoms with van der Waals surface area (Å²) in [7, 11) is -5.09. The van der Waals surface area contributed by atoms with Gasteiger partial charge in [-0.2, -0.15) is 21.0 Å². The van der Waals surface area contributed by atoms with Crippen LogP contribution in [0.4, 0.5) is 3.89 Å². The lowest BCUT2D eigenvalue weighted by molar-refractivity contribution is 0.112. The van der Waals surface area contributed by atoms with Gasteiger partial charge in [-0.15, -0.1) is 0 Å². The number of thiol groups is 1. The summed E-state index contributed by atoms with van der Waals surface area (Å²) in [5.41, 5.74) is 1.07. The molecule has 1 rings (SSSR count). The normalized spacial score (nSPS) is 11.2. The summed E-state index contributed by atoms with van der Waals surface area (Å²) in [6.07, 6.45) is 0.542. The Bertz CT molecular complexity index is 510. The van der Waals surface area contributed by atoms with Gasteiger partial charge in [-0.05, 0) is 24.6 Å². The first-order valence-electron chi connectivity index (χ1n) is 4.21. The Hall–Kier alpha value is -1.08. The van der Waals surface area contributed by atoms with Crippen LogP contribution in [-0.2, 0) is 16.3 Å². The predicted molar refractivity (Wildman–Crippen MR) is 59.9 cm³/mol. The van der Waals surface area contributed by atoms with Gasteiger partial charge in [0.05, 0.1) is 0 Å². The standard InChI is InChI=1S/C9H9FO4S2/c1-6-8(4-11)2-7(5-15)3-9(6)14-16(10,12)13/h2-4,15H,5H2,1H3. The van der Waals surface area contributed by atoms with Crippen LogP contribution in [0.3, 0.4) is 0 Å². The van der Waals surface area contributed by atoms with Crippen LogP contribution in [0.2, 0.25) is 0 Å². The fourth-order valence-corrected chi connectivity index (χ4v) is 1.75. The van der Waals surface area contributed by atoms with E-state index in [1.54, 1.807) is 0 Å². The first kappa shape index (κ1) is 13.0. The van der Waals surface area contributed by atoms with E-state index in [1.807, 2.05) is 0 Å². The summed E-state index contributed by atoms with van der Waals surface area (Å²) < 4.78 is 37.2. The van der Waals surface area contributed by atoms with Crippen molar-refractivity contribution in [1.29, 1.82) is 0 Å². The summed E-state index contributed by atoms with van der Waals surface area (Å²) in [6.45, 7) is 1.46. The van der Waals surface area contributed by atoms with Crippen molar-refractivity contribution in [2.45, 2.75) is 12.7 Å². The molecule has 7 heteroatoms. The maximum Gasteiger partial charge on any atom is 0.488 e. The van der Waals surface area contributed by atoms with E-state index in [9.17, 15) is 17.1 Å². The molecule has 0 aliphatic rings. The minimum atomic E-state index is -5.09. The Labute approximate surface area is 98.3 Å². The van der Waals surface area contributed by atoms with Gasteiger partial charge in [0, 0.05) is 16.9 Å². The molecule has 0 aliphatic carbocycles. The molecular weight excluding hydrogens is 255 g/mol. The molecule has 0 aromatic heterocycles. The summed E-state index contributed by atoms with van der Waals surface area (Å²) in [5.74, 6) is 0.0836. The highest BCUT2D eigenvalue weighted by molar-refractivity contribution is 7.81. The summed E-state index contributed by atoms with van der Waals surface area (Å²) in [4.78, 5) is 10.7. The second-order valence-corrected chi connectivity index (χ2v) is 4.33. The van der Waals surface area contributed by atoms with Crippen LogP contribution in [0.1, 0.15) is 21.5 Å². The number of hydrogen-bond acceptors (Lipinski definition) is 5. The highest BCUT2D eigenvalue weighted by Crippen LogP contribution is 2.25. The van der Waals surface area contributed by atoms with Crippen molar-refractivity contribution in [2.75, 3.05) is 0 Å². The van der Waals surface area contributed by atoms with Gasteiger partial charge in [0.1, 0.15) is 12.0 Å². The van der Waals surface area contributed by atoms with Crippen LogP contribution in [0.5, 0.6) is 5.75 Å². The fourth-order valence-electron chi connectivity index (χ4n) is 1.18. The highest BCUT2D eigenvalue weighted by atomic mass is 32.3. The van der Waals surface area contributed by atoms with E-state index in [0.29, 0.717) is 11.8 Å². The fraction of sp³-hybridized carbons (Fsp3) is 0.222. The molecule has 1 aromatic rings. The second-order valence-electron chi connectivity index (χ2n) is 3.06. The van der Waals surface area contributed by atoms with Crippen molar-refractivity contribution in [1.82, 2.24) is 0 Å². The Morgan fingerprint density at radius 1 is 1.50 bits per heavy atom. The first-order chi connectivity index (χ1) is 7.37. The van der Waals surface area contributed by atoms with Crippen LogP contribution in [-0.4, -0.2) is 14.7 Å². The van der Waals surface area contributed by atoms with Crippen LogP contribution in [0.15, 0.2) is 12.1 Å². The van der Waals surface area contributed by atoms with E-state index in [4.69, 9.17) is 0 Å². The van der Waals surface area contributed by atoms with E-state index in [0.717, 1.165) is 0 Å². The van der Waals surface area contributed by atoms with Crippen LogP contribution in [0, 0.1) is 6.92 Å². The summed E-state index contributed by atoms with van der Waals surface area (Å²) >= 11 is 3.97. The van der Waals surface area contributed by atoms with Gasteiger partial charge in [-0.25, -0.2) is 0 Å². The molecule has 0 spiro atoms. The minimum Gasteiger partial charge on any atom is -0.358 e. The number of aldehydes is 1. The Morgan fingerprint density at radius 3 is 2.56 bits per heavy atom. The maximum atomic E-state index is 12.4. The van der Waals surface area contributed by atoms with Crippen molar-refractivity contribution in [2.24, 2.45) is 0 Å². The molecule has 0 saturated heterocycles. The van der Waals surface area contributed by atoms with E-state index >= 15 is 0 Å². The third kappa shape index (κ3) is 3.21. The average molecular weight is 264 g/mol. The number of benzene rings is 1. The molecule has 16 heavy (non-hydrogen) atoms. The largest absolute Gasteiger partial charge is 0.488 e. The molecule has 0 bridgehead atoms. The number of carbonyl (C=O) groups excluding carboxylic acids is 1. The average Bonchev–Trinajstić information content (AvgIpc) is 2.19. The van der Waals surface area contributed by atoms with Gasteiger partial charge in [0.2, 0.25) is 0 Å². The van der Waals surface area contributed by atoms with Crippen molar-refractivity contribution < 1.29 is 21.3 Å². The van der Waals surface area contributed by atoms with Gasteiger partial charge in [-0.3, -0.25) is 4.79 Å². The molecule has 0 amide bonds. The SMILES string of the molecule is Cc1c(C=O)cc(CS)cc1OS(=O)(=O)F. The van der Waals surface area contributed by atoms with E-state index in [2.05, 4.69) is 16.8 Å². The summed E-state index contributed by atoms with van der Waals surface area (Å²) in [6, 6.07) is 2.86. The molecule has 0 N–H and O–H groups in total. The second kappa shape index (κ2) is 4.84. The van der Waals surface area contributed by atoms with Crippen LogP contribution >= 0.6 is 12.6 Å². The summed E-state index contributed by atoms with van der Waals surface area (Å²) in [5, 5.41) is 0. The molecule has 0 saturated carbocycles. The van der Waals surface area contributed by atoms with Crippen molar-refractivity contribution in [3.63, 3.8) is 0 Å². The lowest BCUT2D eigenvalue weighted by atomic mass is 10.1. The van der Waals surface area contributed by atoms with Gasteiger partial charge in [0.15, 0.2) is 0 Å². The molecule has 0 heterocycles. The lowest BCUT2D eigenvalue weighted by Crippen LogP contribution is -2.04. The van der Waals surface area contributed by atoms with E-state index in [1.165, 1.54) is 19.1 Å². The smallest absolute Gasteiger partial charge is 0.358 e. The maximum absolute atomic E-state index is 12.4. The van der Waals surface area contributed by atoms with Crippen molar-refractivity contribution >= 4 is 29.4 Å². The molecule has 1 aromatic carbocycles. The van der Waals surface area contributed by atoms with Gasteiger partial charge in [0.25, 0.3) is 0 Å².